The SMILES string of the molecule is C/C(=C\C(=O)Cc1ccc(CC(=O)N2CCN(c3cc(-c4cnc(N)nc4)nc(N4CCOCC4)c3)CC2)cc1)C(F)(F)F. The summed E-state index contributed by atoms with van der Waals surface area (Å²) < 4.78 is 43.6. The zero-order valence-corrected chi connectivity index (χ0v) is 24.4. The number of carbonyl (C=O) groups is 2. The van der Waals surface area contributed by atoms with Gasteiger partial charge in [0.25, 0.3) is 0 Å². The maximum Gasteiger partial charge on any atom is 0.412 e. The summed E-state index contributed by atoms with van der Waals surface area (Å²) >= 11 is 0. The van der Waals surface area contributed by atoms with E-state index in [-0.39, 0.29) is 24.7 Å². The first-order valence-electron chi connectivity index (χ1n) is 14.4. The first kappa shape index (κ1) is 30.9. The lowest BCUT2D eigenvalue weighted by Gasteiger charge is -2.37. The fourth-order valence-electron chi connectivity index (χ4n) is 5.11. The topological polar surface area (TPSA) is 118 Å². The maximum absolute atomic E-state index is 13.1. The molecule has 2 aliphatic heterocycles. The molecular formula is C31H34F3N7O3. The quantitative estimate of drug-likeness (QED) is 0.383. The van der Waals surface area contributed by atoms with Gasteiger partial charge in [-0.15, -0.1) is 0 Å². The van der Waals surface area contributed by atoms with Crippen molar-refractivity contribution in [2.75, 3.05) is 68.0 Å². The number of ketones is 1. The van der Waals surface area contributed by atoms with E-state index >= 15 is 0 Å². The molecular weight excluding hydrogens is 575 g/mol. The van der Waals surface area contributed by atoms with E-state index in [9.17, 15) is 22.8 Å². The van der Waals surface area contributed by atoms with Crippen LogP contribution in [-0.4, -0.2) is 90.2 Å². The predicted molar refractivity (Wildman–Crippen MR) is 160 cm³/mol. The summed E-state index contributed by atoms with van der Waals surface area (Å²) in [6.45, 7) is 5.99. The van der Waals surface area contributed by atoms with Gasteiger partial charge in [-0.3, -0.25) is 9.59 Å². The number of aromatic nitrogens is 3. The van der Waals surface area contributed by atoms with Crippen LogP contribution in [0.5, 0.6) is 0 Å². The average Bonchev–Trinajstić information content (AvgIpc) is 3.02. The molecule has 44 heavy (non-hydrogen) atoms. The van der Waals surface area contributed by atoms with E-state index in [4.69, 9.17) is 15.5 Å². The number of nitrogen functional groups attached to an aromatic ring is 1. The van der Waals surface area contributed by atoms with E-state index in [0.717, 1.165) is 48.3 Å². The fraction of sp³-hybridized carbons (Fsp3) is 0.387. The molecule has 2 fully saturated rings. The van der Waals surface area contributed by atoms with Crippen LogP contribution in [0.2, 0.25) is 0 Å². The zero-order chi connectivity index (χ0) is 31.3. The Kier molecular flexibility index (Phi) is 9.43. The van der Waals surface area contributed by atoms with Crippen molar-refractivity contribution in [3.05, 3.63) is 71.6 Å². The zero-order valence-electron chi connectivity index (χ0n) is 24.4. The lowest BCUT2D eigenvalue weighted by molar-refractivity contribution is -0.130. The fourth-order valence-corrected chi connectivity index (χ4v) is 5.11. The Hall–Kier alpha value is -4.52. The Balaban J connectivity index is 1.20. The second-order valence-electron chi connectivity index (χ2n) is 10.8. The third kappa shape index (κ3) is 7.90. The Labute approximate surface area is 253 Å². The summed E-state index contributed by atoms with van der Waals surface area (Å²) in [6, 6.07) is 10.9. The number of piperazine rings is 1. The molecule has 1 amide bonds. The van der Waals surface area contributed by atoms with Gasteiger partial charge in [0, 0.05) is 81.0 Å². The molecule has 0 radical (unpaired) electrons. The summed E-state index contributed by atoms with van der Waals surface area (Å²) in [5.41, 5.74) is 8.60. The van der Waals surface area contributed by atoms with Crippen molar-refractivity contribution in [1.82, 2.24) is 19.9 Å². The number of carbonyl (C=O) groups excluding carboxylic acids is 2. The van der Waals surface area contributed by atoms with Crippen molar-refractivity contribution in [1.29, 1.82) is 0 Å². The highest BCUT2D eigenvalue weighted by Gasteiger charge is 2.30. The number of nitrogens with two attached hydrogens (primary N) is 1. The molecule has 13 heteroatoms. The number of nitrogens with zero attached hydrogens (tertiary/aromatic N) is 6. The average molecular weight is 610 g/mol. The van der Waals surface area contributed by atoms with Gasteiger partial charge in [0.1, 0.15) is 5.82 Å². The van der Waals surface area contributed by atoms with Gasteiger partial charge in [0.2, 0.25) is 11.9 Å². The van der Waals surface area contributed by atoms with Crippen LogP contribution < -0.4 is 15.5 Å². The van der Waals surface area contributed by atoms with Crippen molar-refractivity contribution in [3.63, 3.8) is 0 Å². The molecule has 4 heterocycles. The number of halogens is 3. The van der Waals surface area contributed by atoms with Crippen molar-refractivity contribution in [3.8, 4) is 11.3 Å². The summed E-state index contributed by atoms with van der Waals surface area (Å²) in [7, 11) is 0. The first-order valence-corrected chi connectivity index (χ1v) is 14.4. The van der Waals surface area contributed by atoms with Crippen molar-refractivity contribution in [2.24, 2.45) is 0 Å². The van der Waals surface area contributed by atoms with Crippen LogP contribution in [0.1, 0.15) is 18.1 Å². The third-order valence-corrected chi connectivity index (χ3v) is 7.68. The number of hydrogen-bond acceptors (Lipinski definition) is 9. The minimum absolute atomic E-state index is 0.0133. The Morgan fingerprint density at radius 2 is 1.52 bits per heavy atom. The Morgan fingerprint density at radius 3 is 2.14 bits per heavy atom. The Bertz CT molecular complexity index is 1500. The monoisotopic (exact) mass is 609 g/mol. The second kappa shape index (κ2) is 13.4. The second-order valence-corrected chi connectivity index (χ2v) is 10.8. The lowest BCUT2D eigenvalue weighted by Crippen LogP contribution is -2.49. The first-order chi connectivity index (χ1) is 21.0. The van der Waals surface area contributed by atoms with Crippen molar-refractivity contribution in [2.45, 2.75) is 25.9 Å². The highest BCUT2D eigenvalue weighted by molar-refractivity contribution is 5.92. The van der Waals surface area contributed by atoms with Crippen LogP contribution in [0.15, 0.2) is 60.4 Å². The minimum atomic E-state index is -4.52. The molecule has 232 valence electrons. The van der Waals surface area contributed by atoms with Crippen LogP contribution in [-0.2, 0) is 27.2 Å². The van der Waals surface area contributed by atoms with Gasteiger partial charge in [-0.1, -0.05) is 24.3 Å². The third-order valence-electron chi connectivity index (χ3n) is 7.68. The van der Waals surface area contributed by atoms with Crippen molar-refractivity contribution >= 4 is 29.1 Å². The number of anilines is 3. The molecule has 2 N–H and O–H groups in total. The number of hydrogen-bond donors (Lipinski definition) is 1. The smallest absolute Gasteiger partial charge is 0.378 e. The highest BCUT2D eigenvalue weighted by atomic mass is 19.4. The van der Waals surface area contributed by atoms with E-state index in [2.05, 4.69) is 25.8 Å². The molecule has 0 aliphatic carbocycles. The molecule has 1 aromatic carbocycles. The predicted octanol–water partition coefficient (Wildman–Crippen LogP) is 3.47. The van der Waals surface area contributed by atoms with Gasteiger partial charge < -0.3 is 25.2 Å². The van der Waals surface area contributed by atoms with Gasteiger partial charge in [-0.2, -0.15) is 13.2 Å². The van der Waals surface area contributed by atoms with E-state index < -0.39 is 17.5 Å². The van der Waals surface area contributed by atoms with Gasteiger partial charge >= 0.3 is 6.18 Å². The largest absolute Gasteiger partial charge is 0.412 e. The molecule has 2 saturated heterocycles. The number of allylic oxidation sites excluding steroid dienone is 2. The number of morpholine rings is 1. The van der Waals surface area contributed by atoms with Gasteiger partial charge in [-0.25, -0.2) is 15.0 Å². The molecule has 2 aliphatic rings. The molecule has 5 rings (SSSR count). The Morgan fingerprint density at radius 1 is 0.909 bits per heavy atom. The van der Waals surface area contributed by atoms with E-state index in [1.807, 2.05) is 11.0 Å². The summed E-state index contributed by atoms with van der Waals surface area (Å²) in [5, 5.41) is 0. The molecule has 2 aromatic heterocycles. The lowest BCUT2D eigenvalue weighted by atomic mass is 10.0. The van der Waals surface area contributed by atoms with Gasteiger partial charge in [0.05, 0.1) is 25.3 Å². The van der Waals surface area contributed by atoms with Crippen LogP contribution in [0.25, 0.3) is 11.3 Å². The normalized spacial score (nSPS) is 16.3. The number of pyridine rings is 1. The van der Waals surface area contributed by atoms with Crippen LogP contribution >= 0.6 is 0 Å². The summed E-state index contributed by atoms with van der Waals surface area (Å²) in [6.07, 6.45) is -0.530. The van der Waals surface area contributed by atoms with Gasteiger partial charge in [0.15, 0.2) is 5.78 Å². The number of amides is 1. The number of rotatable bonds is 8. The molecule has 10 nitrogen and oxygen atoms in total. The summed E-state index contributed by atoms with van der Waals surface area (Å²) in [5.74, 6) is 0.396. The van der Waals surface area contributed by atoms with Crippen LogP contribution in [0, 0.1) is 0 Å². The molecule has 0 saturated carbocycles. The van der Waals surface area contributed by atoms with Crippen LogP contribution in [0.3, 0.4) is 0 Å². The highest BCUT2D eigenvalue weighted by Crippen LogP contribution is 2.29. The molecule has 0 spiro atoms. The molecule has 3 aromatic rings. The van der Waals surface area contributed by atoms with E-state index in [1.54, 1.807) is 36.7 Å². The van der Waals surface area contributed by atoms with Gasteiger partial charge in [-0.05, 0) is 30.2 Å². The van der Waals surface area contributed by atoms with E-state index in [1.165, 1.54) is 0 Å². The summed E-state index contributed by atoms with van der Waals surface area (Å²) in [4.78, 5) is 44.5. The minimum Gasteiger partial charge on any atom is -0.378 e. The molecule has 0 bridgehead atoms. The standard InChI is InChI=1S/C31H34F3N7O3/c1-21(31(32,33)34)14-26(42)15-22-2-4-23(5-3-22)16-29(43)41-8-6-39(7-9-41)25-17-27(24-19-36-30(35)37-20-24)38-28(18-25)40-10-12-44-13-11-40/h2-5,14,17-20H,6-13,15-16H2,1H3,(H2,35,36,37)/b21-14+. The number of ether oxygens (including phenoxy) is 1. The van der Waals surface area contributed by atoms with Crippen LogP contribution in [0.4, 0.5) is 30.6 Å². The van der Waals surface area contributed by atoms with E-state index in [0.29, 0.717) is 51.0 Å². The van der Waals surface area contributed by atoms with Crippen molar-refractivity contribution < 1.29 is 27.5 Å². The molecule has 0 atom stereocenters. The number of alkyl halides is 3. The maximum atomic E-state index is 13.1. The number of benzene rings is 1. The molecule has 0 unspecified atom stereocenters.